The molecule has 2 atom stereocenters. The number of hydrogen-bond donors (Lipinski definition) is 1. The van der Waals surface area contributed by atoms with E-state index in [1.807, 2.05) is 42.2 Å². The van der Waals surface area contributed by atoms with E-state index in [-0.39, 0.29) is 10.8 Å². The summed E-state index contributed by atoms with van der Waals surface area (Å²) >= 11 is 0. The summed E-state index contributed by atoms with van der Waals surface area (Å²) < 4.78 is 29.4. The number of nitrogens with zero attached hydrogens (tertiary/aromatic N) is 2. The van der Waals surface area contributed by atoms with Crippen molar-refractivity contribution in [1.29, 1.82) is 0 Å². The van der Waals surface area contributed by atoms with Crippen molar-refractivity contribution in [2.45, 2.75) is 24.3 Å². The molecule has 0 bridgehead atoms. The van der Waals surface area contributed by atoms with Gasteiger partial charge in [-0.15, -0.1) is 4.40 Å². The molecule has 0 aliphatic carbocycles. The number of sulfonamides is 1. The molecule has 2 aromatic carbocycles. The maximum Gasteiger partial charge on any atom is 0.283 e. The van der Waals surface area contributed by atoms with E-state index in [9.17, 15) is 13.5 Å². The lowest BCUT2D eigenvalue weighted by Crippen LogP contribution is -2.28. The Labute approximate surface area is 148 Å². The highest BCUT2D eigenvalue weighted by Gasteiger charge is 2.35. The van der Waals surface area contributed by atoms with Gasteiger partial charge in [-0.3, -0.25) is 0 Å². The Hall–Kier alpha value is -2.18. The quantitative estimate of drug-likeness (QED) is 0.912. The van der Waals surface area contributed by atoms with Gasteiger partial charge < -0.3 is 10.0 Å². The minimum atomic E-state index is -3.81. The maximum absolute atomic E-state index is 12.7. The fourth-order valence-corrected chi connectivity index (χ4v) is 4.17. The molecule has 1 aliphatic heterocycles. The van der Waals surface area contributed by atoms with Gasteiger partial charge in [0.25, 0.3) is 10.0 Å². The molecule has 1 aliphatic rings. The Kier molecular flexibility index (Phi) is 4.92. The van der Waals surface area contributed by atoms with Gasteiger partial charge >= 0.3 is 0 Å². The molecule has 25 heavy (non-hydrogen) atoms. The van der Waals surface area contributed by atoms with Gasteiger partial charge in [-0.1, -0.05) is 48.0 Å². The van der Waals surface area contributed by atoms with Crippen molar-refractivity contribution in [3.8, 4) is 0 Å². The molecule has 0 spiro atoms. The highest BCUT2D eigenvalue weighted by Crippen LogP contribution is 2.32. The lowest BCUT2D eigenvalue weighted by molar-refractivity contribution is 0.141. The number of aryl methyl sites for hydroxylation is 1. The van der Waals surface area contributed by atoms with Crippen LogP contribution in [-0.4, -0.2) is 37.9 Å². The van der Waals surface area contributed by atoms with Gasteiger partial charge in [0.2, 0.25) is 0 Å². The van der Waals surface area contributed by atoms with Gasteiger partial charge in [0.1, 0.15) is 5.84 Å². The lowest BCUT2D eigenvalue weighted by atomic mass is 9.94. The van der Waals surface area contributed by atoms with Crippen LogP contribution in [0.4, 0.5) is 0 Å². The number of aliphatic hydroxyl groups excluding tert-OH is 1. The van der Waals surface area contributed by atoms with Crippen molar-refractivity contribution in [1.82, 2.24) is 4.90 Å². The minimum absolute atomic E-state index is 0.166. The van der Waals surface area contributed by atoms with E-state index in [1.54, 1.807) is 31.3 Å². The average molecular weight is 358 g/mol. The number of amidine groups is 1. The zero-order valence-electron chi connectivity index (χ0n) is 14.3. The number of benzene rings is 2. The first-order valence-corrected chi connectivity index (χ1v) is 9.68. The molecule has 0 unspecified atom stereocenters. The molecule has 0 aromatic heterocycles. The molecule has 1 heterocycles. The SMILES string of the molecule is Cc1ccc(S(=O)(=O)/N=C2/[C@@H]([C@H](O)c3ccccc3)CCN2C)cc1. The zero-order valence-corrected chi connectivity index (χ0v) is 15.1. The summed E-state index contributed by atoms with van der Waals surface area (Å²) in [5, 5.41) is 10.7. The van der Waals surface area contributed by atoms with Gasteiger partial charge in [-0.2, -0.15) is 8.42 Å². The molecule has 2 aromatic rings. The molecule has 1 fully saturated rings. The molecule has 1 N–H and O–H groups in total. The summed E-state index contributed by atoms with van der Waals surface area (Å²) in [6, 6.07) is 15.9. The van der Waals surface area contributed by atoms with Gasteiger partial charge in [0.05, 0.1) is 11.0 Å². The second kappa shape index (κ2) is 6.98. The summed E-state index contributed by atoms with van der Waals surface area (Å²) in [5.74, 6) is 0.0737. The summed E-state index contributed by atoms with van der Waals surface area (Å²) in [6.45, 7) is 2.57. The van der Waals surface area contributed by atoms with Gasteiger partial charge in [-0.05, 0) is 31.0 Å². The first-order valence-electron chi connectivity index (χ1n) is 8.24. The van der Waals surface area contributed by atoms with Crippen LogP contribution in [0, 0.1) is 12.8 Å². The minimum Gasteiger partial charge on any atom is -0.388 e. The fraction of sp³-hybridized carbons (Fsp3) is 0.316. The molecule has 0 saturated carbocycles. The first kappa shape index (κ1) is 17.6. The van der Waals surface area contributed by atoms with Crippen LogP contribution in [-0.2, 0) is 10.0 Å². The van der Waals surface area contributed by atoms with E-state index >= 15 is 0 Å². The zero-order chi connectivity index (χ0) is 18.0. The summed E-state index contributed by atoms with van der Waals surface area (Å²) in [6.07, 6.45) is -0.118. The van der Waals surface area contributed by atoms with E-state index in [4.69, 9.17) is 0 Å². The van der Waals surface area contributed by atoms with Crippen molar-refractivity contribution in [3.05, 3.63) is 65.7 Å². The van der Waals surface area contributed by atoms with E-state index in [0.29, 0.717) is 18.8 Å². The molecule has 6 heteroatoms. The molecule has 132 valence electrons. The highest BCUT2D eigenvalue weighted by atomic mass is 32.2. The Morgan fingerprint density at radius 3 is 2.40 bits per heavy atom. The molecular formula is C19H22N2O3S. The van der Waals surface area contributed by atoms with Crippen molar-refractivity contribution in [2.24, 2.45) is 10.3 Å². The fourth-order valence-electron chi connectivity index (χ4n) is 3.06. The van der Waals surface area contributed by atoms with E-state index in [1.165, 1.54) is 0 Å². The number of rotatable bonds is 4. The second-order valence-corrected chi connectivity index (χ2v) is 8.01. The van der Waals surface area contributed by atoms with Crippen LogP contribution in [0.15, 0.2) is 63.9 Å². The summed E-state index contributed by atoms with van der Waals surface area (Å²) in [4.78, 5) is 1.97. The monoisotopic (exact) mass is 358 g/mol. The number of aliphatic hydroxyl groups is 1. The third-order valence-electron chi connectivity index (χ3n) is 4.55. The normalized spacial score (nSPS) is 20.8. The first-order chi connectivity index (χ1) is 11.9. The summed E-state index contributed by atoms with van der Waals surface area (Å²) in [5.41, 5.74) is 1.75. The van der Waals surface area contributed by atoms with Gasteiger partial charge in [0, 0.05) is 19.5 Å². The molecule has 3 rings (SSSR count). The molecule has 1 saturated heterocycles. The van der Waals surface area contributed by atoms with Crippen LogP contribution in [0.1, 0.15) is 23.7 Å². The third kappa shape index (κ3) is 3.75. The van der Waals surface area contributed by atoms with Crippen LogP contribution in [0.5, 0.6) is 0 Å². The number of hydrogen-bond acceptors (Lipinski definition) is 3. The van der Waals surface area contributed by atoms with Gasteiger partial charge in [0.15, 0.2) is 0 Å². The maximum atomic E-state index is 12.7. The predicted octanol–water partition coefficient (Wildman–Crippen LogP) is 2.77. The standard InChI is InChI=1S/C19H22N2O3S/c1-14-8-10-16(11-9-14)25(23,24)20-19-17(12-13-21(19)2)18(22)15-6-4-3-5-7-15/h3-11,17-18,22H,12-13H2,1-2H3/b20-19-/t17-,18-/m1/s1. The Morgan fingerprint density at radius 1 is 1.12 bits per heavy atom. The Bertz CT molecular complexity index is 861. The van der Waals surface area contributed by atoms with Crippen LogP contribution in [0.25, 0.3) is 0 Å². The molecule has 5 nitrogen and oxygen atoms in total. The van der Waals surface area contributed by atoms with Crippen molar-refractivity contribution in [3.63, 3.8) is 0 Å². The predicted molar refractivity (Wildman–Crippen MR) is 97.9 cm³/mol. The second-order valence-electron chi connectivity index (χ2n) is 6.41. The van der Waals surface area contributed by atoms with E-state index < -0.39 is 16.1 Å². The highest BCUT2D eigenvalue weighted by molar-refractivity contribution is 7.90. The smallest absolute Gasteiger partial charge is 0.283 e. The van der Waals surface area contributed by atoms with E-state index in [0.717, 1.165) is 11.1 Å². The van der Waals surface area contributed by atoms with Crippen LogP contribution in [0.2, 0.25) is 0 Å². The molecule has 0 radical (unpaired) electrons. The van der Waals surface area contributed by atoms with E-state index in [2.05, 4.69) is 4.40 Å². The molecular weight excluding hydrogens is 336 g/mol. The van der Waals surface area contributed by atoms with Crippen LogP contribution < -0.4 is 0 Å². The van der Waals surface area contributed by atoms with Gasteiger partial charge in [-0.25, -0.2) is 0 Å². The average Bonchev–Trinajstić information content (AvgIpc) is 2.95. The van der Waals surface area contributed by atoms with Crippen molar-refractivity contribution < 1.29 is 13.5 Å². The van der Waals surface area contributed by atoms with Crippen molar-refractivity contribution >= 4 is 15.9 Å². The third-order valence-corrected chi connectivity index (χ3v) is 5.85. The Balaban J connectivity index is 1.95. The van der Waals surface area contributed by atoms with Crippen molar-refractivity contribution in [2.75, 3.05) is 13.6 Å². The Morgan fingerprint density at radius 2 is 1.76 bits per heavy atom. The summed E-state index contributed by atoms with van der Waals surface area (Å²) in [7, 11) is -2.00. The topological polar surface area (TPSA) is 70.0 Å². The lowest BCUT2D eigenvalue weighted by Gasteiger charge is -2.21. The van der Waals surface area contributed by atoms with Crippen LogP contribution >= 0.6 is 0 Å². The number of likely N-dealkylation sites (tertiary alicyclic amines) is 1. The molecule has 0 amide bonds. The van der Waals surface area contributed by atoms with Crippen LogP contribution in [0.3, 0.4) is 0 Å². The largest absolute Gasteiger partial charge is 0.388 e.